The van der Waals surface area contributed by atoms with E-state index in [1.54, 1.807) is 6.26 Å². The summed E-state index contributed by atoms with van der Waals surface area (Å²) in [6.07, 6.45) is 2.72. The van der Waals surface area contributed by atoms with Crippen molar-refractivity contribution in [2.45, 2.75) is 26.0 Å². The van der Waals surface area contributed by atoms with E-state index < -0.39 is 10.8 Å². The van der Waals surface area contributed by atoms with Crippen molar-refractivity contribution in [3.05, 3.63) is 29.8 Å². The maximum Gasteiger partial charge on any atom is 0.321 e. The molecule has 2 rings (SSSR count). The number of para-hydroxylation sites is 1. The molecule has 1 saturated heterocycles. The molecule has 0 radical (unpaired) electrons. The summed E-state index contributed by atoms with van der Waals surface area (Å²) < 4.78 is 11.4. The highest BCUT2D eigenvalue weighted by molar-refractivity contribution is 7.83. The average molecular weight is 308 g/mol. The zero-order chi connectivity index (χ0) is 15.4. The molecular weight excluding hydrogens is 284 g/mol. The normalized spacial score (nSPS) is 23.7. The predicted molar refractivity (Wildman–Crippen MR) is 87.7 cm³/mol. The van der Waals surface area contributed by atoms with Gasteiger partial charge in [0, 0.05) is 35.8 Å². The minimum Gasteiger partial charge on any atom is -0.324 e. The molecule has 116 valence electrons. The topological polar surface area (TPSA) is 49.4 Å². The second-order valence-corrected chi connectivity index (χ2v) is 7.43. The van der Waals surface area contributed by atoms with Crippen LogP contribution < -0.4 is 5.32 Å². The number of nitrogens with zero attached hydrogens (tertiary/aromatic N) is 1. The number of carbonyl (C=O) groups excluding carboxylic acids is 1. The van der Waals surface area contributed by atoms with Crippen LogP contribution in [0.1, 0.15) is 25.8 Å². The number of carbonyl (C=O) groups is 1. The molecule has 5 heteroatoms. The molecule has 21 heavy (non-hydrogen) atoms. The highest BCUT2D eigenvalue weighted by Gasteiger charge is 2.26. The van der Waals surface area contributed by atoms with Gasteiger partial charge in [-0.3, -0.25) is 4.21 Å². The standard InChI is InChI=1S/C16H24N2O2S/c1-12-8-9-18(10-13(12)2)16(19)17-15-7-5-4-6-14(15)11-21(3)20/h4-7,12-13H,8-11H2,1-3H3,(H,17,19). The first-order valence-electron chi connectivity index (χ1n) is 7.41. The molecule has 0 aromatic heterocycles. The van der Waals surface area contributed by atoms with Gasteiger partial charge < -0.3 is 10.2 Å². The Kier molecular flexibility index (Phi) is 5.39. The summed E-state index contributed by atoms with van der Waals surface area (Å²) in [7, 11) is -0.922. The quantitative estimate of drug-likeness (QED) is 0.933. The highest BCUT2D eigenvalue weighted by atomic mass is 32.2. The van der Waals surface area contributed by atoms with E-state index in [0.29, 0.717) is 17.6 Å². The van der Waals surface area contributed by atoms with Crippen molar-refractivity contribution in [2.24, 2.45) is 11.8 Å². The van der Waals surface area contributed by atoms with E-state index in [-0.39, 0.29) is 6.03 Å². The van der Waals surface area contributed by atoms with Crippen LogP contribution in [0.4, 0.5) is 10.5 Å². The lowest BCUT2D eigenvalue weighted by Crippen LogP contribution is -2.44. The molecule has 1 aliphatic heterocycles. The molecule has 2 amide bonds. The Balaban J connectivity index is 2.04. The number of urea groups is 1. The minimum absolute atomic E-state index is 0.0527. The van der Waals surface area contributed by atoms with Crippen LogP contribution in [0, 0.1) is 11.8 Å². The minimum atomic E-state index is -0.922. The molecule has 1 fully saturated rings. The third-order valence-corrected chi connectivity index (χ3v) is 4.96. The summed E-state index contributed by atoms with van der Waals surface area (Å²) in [6.45, 7) is 6.04. The number of likely N-dealkylation sites (tertiary alicyclic amines) is 1. The van der Waals surface area contributed by atoms with Gasteiger partial charge in [-0.25, -0.2) is 4.79 Å². The van der Waals surface area contributed by atoms with Crippen molar-refractivity contribution in [1.82, 2.24) is 4.90 Å². The second kappa shape index (κ2) is 7.07. The Hall–Kier alpha value is -1.36. The average Bonchev–Trinajstić information content (AvgIpc) is 2.43. The summed E-state index contributed by atoms with van der Waals surface area (Å²) in [6, 6.07) is 7.53. The molecule has 1 aliphatic rings. The summed E-state index contributed by atoms with van der Waals surface area (Å²) in [5.74, 6) is 1.66. The van der Waals surface area contributed by atoms with Gasteiger partial charge in [0.1, 0.15) is 0 Å². The van der Waals surface area contributed by atoms with E-state index in [0.717, 1.165) is 30.8 Å². The van der Waals surface area contributed by atoms with E-state index in [4.69, 9.17) is 0 Å². The van der Waals surface area contributed by atoms with Crippen LogP contribution in [0.15, 0.2) is 24.3 Å². The van der Waals surface area contributed by atoms with Crippen molar-refractivity contribution in [1.29, 1.82) is 0 Å². The van der Waals surface area contributed by atoms with Crippen LogP contribution in [0.2, 0.25) is 0 Å². The number of anilines is 1. The third kappa shape index (κ3) is 4.30. The van der Waals surface area contributed by atoms with E-state index in [9.17, 15) is 9.00 Å². The first-order chi connectivity index (χ1) is 9.97. The lowest BCUT2D eigenvalue weighted by molar-refractivity contribution is 0.154. The Morgan fingerprint density at radius 3 is 2.71 bits per heavy atom. The Morgan fingerprint density at radius 1 is 1.33 bits per heavy atom. The Bertz CT molecular complexity index is 533. The fourth-order valence-corrected chi connectivity index (χ4v) is 3.32. The molecule has 0 bridgehead atoms. The van der Waals surface area contributed by atoms with Crippen LogP contribution >= 0.6 is 0 Å². The van der Waals surface area contributed by atoms with Crippen molar-refractivity contribution in [3.63, 3.8) is 0 Å². The lowest BCUT2D eigenvalue weighted by atomic mass is 9.89. The van der Waals surface area contributed by atoms with Gasteiger partial charge in [-0.05, 0) is 29.9 Å². The van der Waals surface area contributed by atoms with Crippen LogP contribution in [0.3, 0.4) is 0 Å². The second-order valence-electron chi connectivity index (χ2n) is 5.99. The molecule has 3 atom stereocenters. The number of nitrogens with one attached hydrogen (secondary N) is 1. The third-order valence-electron chi connectivity index (χ3n) is 4.24. The van der Waals surface area contributed by atoms with Crippen molar-refractivity contribution in [2.75, 3.05) is 24.7 Å². The highest BCUT2D eigenvalue weighted by Crippen LogP contribution is 2.24. The molecule has 0 spiro atoms. The predicted octanol–water partition coefficient (Wildman–Crippen LogP) is 3.07. The fourth-order valence-electron chi connectivity index (χ4n) is 2.63. The van der Waals surface area contributed by atoms with E-state index in [2.05, 4.69) is 19.2 Å². The number of hydrogen-bond donors (Lipinski definition) is 1. The zero-order valence-electron chi connectivity index (χ0n) is 13.0. The molecular formula is C16H24N2O2S. The number of benzene rings is 1. The van der Waals surface area contributed by atoms with Gasteiger partial charge in [0.05, 0.1) is 5.75 Å². The molecule has 1 heterocycles. The monoisotopic (exact) mass is 308 g/mol. The fraction of sp³-hybridized carbons (Fsp3) is 0.562. The Morgan fingerprint density at radius 2 is 2.05 bits per heavy atom. The summed E-state index contributed by atoms with van der Waals surface area (Å²) >= 11 is 0. The molecule has 3 unspecified atom stereocenters. The van der Waals surface area contributed by atoms with E-state index in [1.807, 2.05) is 29.2 Å². The maximum atomic E-state index is 12.4. The van der Waals surface area contributed by atoms with Gasteiger partial charge in [-0.15, -0.1) is 0 Å². The number of piperidine rings is 1. The summed E-state index contributed by atoms with van der Waals surface area (Å²) in [5, 5.41) is 2.97. The van der Waals surface area contributed by atoms with Crippen LogP contribution in [-0.2, 0) is 16.6 Å². The molecule has 0 aliphatic carbocycles. The van der Waals surface area contributed by atoms with Gasteiger partial charge >= 0.3 is 6.03 Å². The van der Waals surface area contributed by atoms with Gasteiger partial charge in [-0.1, -0.05) is 32.0 Å². The van der Waals surface area contributed by atoms with Gasteiger partial charge in [-0.2, -0.15) is 0 Å². The zero-order valence-corrected chi connectivity index (χ0v) is 13.8. The molecule has 4 nitrogen and oxygen atoms in total. The van der Waals surface area contributed by atoms with Crippen molar-refractivity contribution in [3.8, 4) is 0 Å². The number of rotatable bonds is 3. The maximum absolute atomic E-state index is 12.4. The molecule has 1 aromatic rings. The molecule has 1 aromatic carbocycles. The van der Waals surface area contributed by atoms with Crippen molar-refractivity contribution < 1.29 is 9.00 Å². The van der Waals surface area contributed by atoms with Crippen LogP contribution in [-0.4, -0.2) is 34.5 Å². The molecule has 1 N–H and O–H groups in total. The van der Waals surface area contributed by atoms with Gasteiger partial charge in [0.15, 0.2) is 0 Å². The lowest BCUT2D eigenvalue weighted by Gasteiger charge is -2.35. The Labute approximate surface area is 129 Å². The summed E-state index contributed by atoms with van der Waals surface area (Å²) in [5.41, 5.74) is 1.69. The summed E-state index contributed by atoms with van der Waals surface area (Å²) in [4.78, 5) is 14.3. The molecule has 0 saturated carbocycles. The van der Waals surface area contributed by atoms with Crippen molar-refractivity contribution >= 4 is 22.5 Å². The van der Waals surface area contributed by atoms with Crippen LogP contribution in [0.5, 0.6) is 0 Å². The largest absolute Gasteiger partial charge is 0.324 e. The number of amides is 2. The SMILES string of the molecule is CC1CCN(C(=O)Nc2ccccc2CS(C)=O)CC1C. The van der Waals surface area contributed by atoms with E-state index in [1.165, 1.54) is 0 Å². The van der Waals surface area contributed by atoms with E-state index >= 15 is 0 Å². The first-order valence-corrected chi connectivity index (χ1v) is 9.14. The van der Waals surface area contributed by atoms with Crippen LogP contribution in [0.25, 0.3) is 0 Å². The van der Waals surface area contributed by atoms with Gasteiger partial charge in [0.2, 0.25) is 0 Å². The smallest absolute Gasteiger partial charge is 0.321 e. The first kappa shape index (κ1) is 16.0. The van der Waals surface area contributed by atoms with Gasteiger partial charge in [0.25, 0.3) is 0 Å². The number of hydrogen-bond acceptors (Lipinski definition) is 2.